The summed E-state index contributed by atoms with van der Waals surface area (Å²) in [4.78, 5) is 0. The van der Waals surface area contributed by atoms with Crippen LogP contribution >= 0.6 is 0 Å². The van der Waals surface area contributed by atoms with Crippen LogP contribution in [0.15, 0.2) is 72.6 Å². The molecule has 110 valence electrons. The maximum atomic E-state index is 4.30. The largest absolute Gasteiger partial charge is 0.359 e. The van der Waals surface area contributed by atoms with Crippen molar-refractivity contribution in [1.82, 2.24) is 5.32 Å². The zero-order chi connectivity index (χ0) is 15.4. The van der Waals surface area contributed by atoms with Crippen molar-refractivity contribution in [3.63, 3.8) is 0 Å². The van der Waals surface area contributed by atoms with Crippen molar-refractivity contribution in [3.05, 3.63) is 78.2 Å². The molecule has 1 aliphatic rings. The molecule has 1 heteroatoms. The van der Waals surface area contributed by atoms with E-state index in [1.54, 1.807) is 0 Å². The second-order valence-corrected chi connectivity index (χ2v) is 6.06. The predicted molar refractivity (Wildman–Crippen MR) is 92.5 cm³/mol. The quantitative estimate of drug-likeness (QED) is 0.770. The smallest absolute Gasteiger partial charge is 0.0420 e. The van der Waals surface area contributed by atoms with Gasteiger partial charge in [-0.25, -0.2) is 0 Å². The first-order valence-corrected chi connectivity index (χ1v) is 7.62. The zero-order valence-corrected chi connectivity index (χ0v) is 13.3. The molecule has 0 bridgehead atoms. The Morgan fingerprint density at radius 2 is 1.86 bits per heavy atom. The Labute approximate surface area is 128 Å². The van der Waals surface area contributed by atoms with Gasteiger partial charge < -0.3 is 5.32 Å². The third kappa shape index (κ3) is 3.75. The number of rotatable bonds is 5. The number of benzene rings is 1. The SMILES string of the molecule is C=C(C1=CCC(C)C=C1NC(=C)C(C)C)c1ccccc1. The van der Waals surface area contributed by atoms with Crippen LogP contribution in [-0.4, -0.2) is 0 Å². The molecule has 1 aromatic rings. The Morgan fingerprint density at radius 1 is 1.19 bits per heavy atom. The Kier molecular flexibility index (Phi) is 4.85. The number of hydrogen-bond donors (Lipinski definition) is 1. The summed E-state index contributed by atoms with van der Waals surface area (Å²) < 4.78 is 0. The molecule has 0 fully saturated rings. The van der Waals surface area contributed by atoms with Gasteiger partial charge in [-0.2, -0.15) is 0 Å². The van der Waals surface area contributed by atoms with Gasteiger partial charge in [0.15, 0.2) is 0 Å². The van der Waals surface area contributed by atoms with Gasteiger partial charge in [0.2, 0.25) is 0 Å². The lowest BCUT2D eigenvalue weighted by Crippen LogP contribution is -2.20. The van der Waals surface area contributed by atoms with Crippen LogP contribution in [0.4, 0.5) is 0 Å². The molecule has 0 saturated heterocycles. The van der Waals surface area contributed by atoms with Crippen LogP contribution in [0.25, 0.3) is 5.57 Å². The summed E-state index contributed by atoms with van der Waals surface area (Å²) in [6.45, 7) is 15.0. The Morgan fingerprint density at radius 3 is 2.48 bits per heavy atom. The minimum atomic E-state index is 0.411. The van der Waals surface area contributed by atoms with Gasteiger partial charge in [0.25, 0.3) is 0 Å². The molecular formula is C20H25N. The van der Waals surface area contributed by atoms with E-state index in [1.165, 1.54) is 11.1 Å². The van der Waals surface area contributed by atoms with Crippen LogP contribution in [0.3, 0.4) is 0 Å². The molecule has 0 spiro atoms. The topological polar surface area (TPSA) is 12.0 Å². The number of hydrogen-bond acceptors (Lipinski definition) is 1. The molecule has 1 atom stereocenters. The number of allylic oxidation sites excluding steroid dienone is 4. The summed E-state index contributed by atoms with van der Waals surface area (Å²) in [6.07, 6.45) is 5.63. The third-order valence-corrected chi connectivity index (χ3v) is 3.87. The maximum Gasteiger partial charge on any atom is 0.0420 e. The molecule has 0 saturated carbocycles. The van der Waals surface area contributed by atoms with Crippen molar-refractivity contribution < 1.29 is 0 Å². The fourth-order valence-corrected chi connectivity index (χ4v) is 2.36. The van der Waals surface area contributed by atoms with Crippen LogP contribution in [0.2, 0.25) is 0 Å². The van der Waals surface area contributed by atoms with Gasteiger partial charge in [-0.05, 0) is 29.4 Å². The Bertz CT molecular complexity index is 588. The standard InChI is InChI=1S/C20H25N/c1-14(2)17(5)21-20-13-15(3)11-12-19(20)16(4)18-9-7-6-8-10-18/h6-10,12-15,21H,4-5,11H2,1-3H3. The van der Waals surface area contributed by atoms with Gasteiger partial charge in [-0.15, -0.1) is 0 Å². The van der Waals surface area contributed by atoms with Gasteiger partial charge in [0.05, 0.1) is 0 Å². The van der Waals surface area contributed by atoms with Crippen molar-refractivity contribution >= 4 is 5.57 Å². The summed E-state index contributed by atoms with van der Waals surface area (Å²) >= 11 is 0. The lowest BCUT2D eigenvalue weighted by atomic mass is 9.88. The molecular weight excluding hydrogens is 254 g/mol. The first-order valence-electron chi connectivity index (χ1n) is 7.62. The summed E-state index contributed by atoms with van der Waals surface area (Å²) in [6, 6.07) is 10.3. The van der Waals surface area contributed by atoms with E-state index in [4.69, 9.17) is 0 Å². The molecule has 1 unspecified atom stereocenters. The van der Waals surface area contributed by atoms with Crippen LogP contribution in [0.5, 0.6) is 0 Å². The highest BCUT2D eigenvalue weighted by Gasteiger charge is 2.17. The van der Waals surface area contributed by atoms with Crippen molar-refractivity contribution in [1.29, 1.82) is 0 Å². The molecule has 0 aromatic heterocycles. The van der Waals surface area contributed by atoms with Gasteiger partial charge >= 0.3 is 0 Å². The highest BCUT2D eigenvalue weighted by atomic mass is 14.9. The van der Waals surface area contributed by atoms with E-state index in [0.717, 1.165) is 23.4 Å². The van der Waals surface area contributed by atoms with E-state index in [2.05, 4.69) is 75.7 Å². The molecule has 1 aliphatic carbocycles. The maximum absolute atomic E-state index is 4.30. The third-order valence-electron chi connectivity index (χ3n) is 3.87. The average molecular weight is 279 g/mol. The minimum Gasteiger partial charge on any atom is -0.359 e. The van der Waals surface area contributed by atoms with Crippen LogP contribution in [-0.2, 0) is 0 Å². The second kappa shape index (κ2) is 6.62. The number of nitrogens with one attached hydrogen (secondary N) is 1. The second-order valence-electron chi connectivity index (χ2n) is 6.06. The first-order chi connectivity index (χ1) is 9.99. The molecule has 1 N–H and O–H groups in total. The van der Waals surface area contributed by atoms with Crippen molar-refractivity contribution in [2.24, 2.45) is 11.8 Å². The minimum absolute atomic E-state index is 0.411. The molecule has 21 heavy (non-hydrogen) atoms. The van der Waals surface area contributed by atoms with Gasteiger partial charge in [-0.3, -0.25) is 0 Å². The van der Waals surface area contributed by atoms with Crippen LogP contribution in [0, 0.1) is 11.8 Å². The summed E-state index contributed by atoms with van der Waals surface area (Å²) in [7, 11) is 0. The highest BCUT2D eigenvalue weighted by Crippen LogP contribution is 2.32. The highest BCUT2D eigenvalue weighted by molar-refractivity contribution is 5.82. The molecule has 0 amide bonds. The summed E-state index contributed by atoms with van der Waals surface area (Å²) in [5.74, 6) is 0.953. The first kappa shape index (κ1) is 15.4. The van der Waals surface area contributed by atoms with E-state index < -0.39 is 0 Å². The lowest BCUT2D eigenvalue weighted by molar-refractivity contribution is 0.677. The predicted octanol–water partition coefficient (Wildman–Crippen LogP) is 5.31. The molecule has 1 nitrogen and oxygen atoms in total. The molecule has 0 radical (unpaired) electrons. The summed E-state index contributed by atoms with van der Waals surface area (Å²) in [5, 5.41) is 3.49. The zero-order valence-electron chi connectivity index (χ0n) is 13.3. The van der Waals surface area contributed by atoms with Crippen molar-refractivity contribution in [3.8, 4) is 0 Å². The van der Waals surface area contributed by atoms with Crippen molar-refractivity contribution in [2.45, 2.75) is 27.2 Å². The van der Waals surface area contributed by atoms with E-state index in [0.29, 0.717) is 11.8 Å². The van der Waals surface area contributed by atoms with E-state index in [-0.39, 0.29) is 0 Å². The van der Waals surface area contributed by atoms with Gasteiger partial charge in [-0.1, -0.05) is 76.4 Å². The monoisotopic (exact) mass is 279 g/mol. The molecule has 0 aliphatic heterocycles. The lowest BCUT2D eigenvalue weighted by Gasteiger charge is -2.25. The van der Waals surface area contributed by atoms with Crippen LogP contribution in [0.1, 0.15) is 32.8 Å². The van der Waals surface area contributed by atoms with E-state index in [9.17, 15) is 0 Å². The Hall–Kier alpha value is -2.02. The van der Waals surface area contributed by atoms with Crippen LogP contribution < -0.4 is 5.32 Å². The molecule has 1 aromatic carbocycles. The molecule has 0 heterocycles. The average Bonchev–Trinajstić information content (AvgIpc) is 2.47. The van der Waals surface area contributed by atoms with E-state index in [1.807, 2.05) is 6.07 Å². The fraction of sp³-hybridized carbons (Fsp3) is 0.300. The molecule has 2 rings (SSSR count). The van der Waals surface area contributed by atoms with E-state index >= 15 is 0 Å². The fourth-order valence-electron chi connectivity index (χ4n) is 2.36. The van der Waals surface area contributed by atoms with Gasteiger partial charge in [0, 0.05) is 17.0 Å². The van der Waals surface area contributed by atoms with Crippen molar-refractivity contribution in [2.75, 3.05) is 0 Å². The van der Waals surface area contributed by atoms with Gasteiger partial charge in [0.1, 0.15) is 0 Å². The normalized spacial score (nSPS) is 18.0. The summed E-state index contributed by atoms with van der Waals surface area (Å²) in [5.41, 5.74) is 5.61. The Balaban J connectivity index is 2.26.